The van der Waals surface area contributed by atoms with Crippen LogP contribution in [0.3, 0.4) is 0 Å². The zero-order valence-electron chi connectivity index (χ0n) is 10.5. The highest BCUT2D eigenvalue weighted by Gasteiger charge is 2.37. The molecule has 3 nitrogen and oxygen atoms in total. The van der Waals surface area contributed by atoms with Gasteiger partial charge in [0.25, 0.3) is 0 Å². The summed E-state index contributed by atoms with van der Waals surface area (Å²) in [7, 11) is 0. The summed E-state index contributed by atoms with van der Waals surface area (Å²) in [5, 5.41) is 3.22. The Kier molecular flexibility index (Phi) is 3.54. The molecule has 0 aromatic heterocycles. The van der Waals surface area contributed by atoms with Crippen molar-refractivity contribution in [1.82, 2.24) is 0 Å². The minimum absolute atomic E-state index is 0.0483. The standard InChI is InChI=1S/C13H17FN2OS/c1-8-13(2,5-6-17-8)16-11-4-3-9(12(15)18)7-10(11)14/h3-4,7-8,16H,5-6H2,1-2H3,(H2,15,18). The van der Waals surface area contributed by atoms with E-state index in [-0.39, 0.29) is 22.4 Å². The van der Waals surface area contributed by atoms with E-state index in [4.69, 9.17) is 22.7 Å². The number of anilines is 1. The quantitative estimate of drug-likeness (QED) is 0.827. The van der Waals surface area contributed by atoms with Gasteiger partial charge in [-0.3, -0.25) is 0 Å². The molecule has 0 amide bonds. The number of nitrogens with two attached hydrogens (primary N) is 1. The van der Waals surface area contributed by atoms with Gasteiger partial charge in [0.1, 0.15) is 10.8 Å². The van der Waals surface area contributed by atoms with Crippen molar-refractivity contribution in [3.8, 4) is 0 Å². The first kappa shape index (κ1) is 13.2. The number of halogens is 1. The molecule has 1 aliphatic heterocycles. The van der Waals surface area contributed by atoms with E-state index in [1.54, 1.807) is 12.1 Å². The molecule has 98 valence electrons. The Bertz CT molecular complexity index is 480. The van der Waals surface area contributed by atoms with Gasteiger partial charge in [0, 0.05) is 12.2 Å². The van der Waals surface area contributed by atoms with Gasteiger partial charge >= 0.3 is 0 Å². The van der Waals surface area contributed by atoms with E-state index < -0.39 is 0 Å². The van der Waals surface area contributed by atoms with Crippen LogP contribution in [0, 0.1) is 5.82 Å². The molecular weight excluding hydrogens is 251 g/mol. The van der Waals surface area contributed by atoms with Crippen molar-refractivity contribution in [2.24, 2.45) is 5.73 Å². The van der Waals surface area contributed by atoms with Crippen LogP contribution in [-0.4, -0.2) is 23.2 Å². The number of rotatable bonds is 3. The number of hydrogen-bond donors (Lipinski definition) is 2. The lowest BCUT2D eigenvalue weighted by Crippen LogP contribution is -2.41. The minimum Gasteiger partial charge on any atom is -0.389 e. The molecule has 18 heavy (non-hydrogen) atoms. The third-order valence-corrected chi connectivity index (χ3v) is 3.80. The van der Waals surface area contributed by atoms with Gasteiger partial charge in [0.05, 0.1) is 17.3 Å². The number of nitrogens with one attached hydrogen (secondary N) is 1. The molecule has 0 bridgehead atoms. The summed E-state index contributed by atoms with van der Waals surface area (Å²) in [6, 6.07) is 4.74. The van der Waals surface area contributed by atoms with Crippen molar-refractivity contribution in [1.29, 1.82) is 0 Å². The molecule has 5 heteroatoms. The summed E-state index contributed by atoms with van der Waals surface area (Å²) in [6.45, 7) is 4.71. The van der Waals surface area contributed by atoms with Crippen molar-refractivity contribution in [2.45, 2.75) is 31.9 Å². The molecule has 2 rings (SSSR count). The maximum atomic E-state index is 13.9. The van der Waals surface area contributed by atoms with E-state index in [2.05, 4.69) is 5.32 Å². The molecule has 3 N–H and O–H groups in total. The van der Waals surface area contributed by atoms with Gasteiger partial charge in [-0.15, -0.1) is 0 Å². The number of ether oxygens (including phenoxy) is 1. The summed E-state index contributed by atoms with van der Waals surface area (Å²) < 4.78 is 19.5. The maximum Gasteiger partial charge on any atom is 0.147 e. The molecule has 1 fully saturated rings. The van der Waals surface area contributed by atoms with Gasteiger partial charge < -0.3 is 15.8 Å². The lowest BCUT2D eigenvalue weighted by molar-refractivity contribution is 0.105. The van der Waals surface area contributed by atoms with Gasteiger partial charge in [-0.05, 0) is 38.5 Å². The van der Waals surface area contributed by atoms with Crippen LogP contribution in [0.4, 0.5) is 10.1 Å². The predicted molar refractivity (Wildman–Crippen MR) is 74.3 cm³/mol. The molecule has 0 aliphatic carbocycles. The second-order valence-corrected chi connectivity index (χ2v) is 5.30. The fourth-order valence-electron chi connectivity index (χ4n) is 2.08. The van der Waals surface area contributed by atoms with Crippen molar-refractivity contribution < 1.29 is 9.13 Å². The van der Waals surface area contributed by atoms with Crippen LogP contribution >= 0.6 is 12.2 Å². The fourth-order valence-corrected chi connectivity index (χ4v) is 2.20. The summed E-state index contributed by atoms with van der Waals surface area (Å²) in [5.74, 6) is -0.347. The Labute approximate surface area is 112 Å². The van der Waals surface area contributed by atoms with Crippen molar-refractivity contribution in [3.63, 3.8) is 0 Å². The Morgan fingerprint density at radius 3 is 2.83 bits per heavy atom. The monoisotopic (exact) mass is 268 g/mol. The van der Waals surface area contributed by atoms with Gasteiger partial charge in [0.2, 0.25) is 0 Å². The molecule has 1 aromatic rings. The van der Waals surface area contributed by atoms with Crippen LogP contribution in [0.1, 0.15) is 25.8 Å². The molecule has 1 aliphatic rings. The molecule has 2 unspecified atom stereocenters. The highest BCUT2D eigenvalue weighted by molar-refractivity contribution is 7.80. The van der Waals surface area contributed by atoms with Crippen LogP contribution in [-0.2, 0) is 4.74 Å². The summed E-state index contributed by atoms with van der Waals surface area (Å²) in [6.07, 6.45) is 0.900. The average Bonchev–Trinajstić information content (AvgIpc) is 2.62. The third kappa shape index (κ3) is 2.47. The van der Waals surface area contributed by atoms with Crippen molar-refractivity contribution in [2.75, 3.05) is 11.9 Å². The topological polar surface area (TPSA) is 47.3 Å². The number of thiocarbonyl (C=S) groups is 1. The second kappa shape index (κ2) is 4.82. The highest BCUT2D eigenvalue weighted by Crippen LogP contribution is 2.30. The van der Waals surface area contributed by atoms with E-state index in [1.807, 2.05) is 13.8 Å². The van der Waals surface area contributed by atoms with Crippen LogP contribution < -0.4 is 11.1 Å². The van der Waals surface area contributed by atoms with E-state index >= 15 is 0 Å². The first-order valence-electron chi connectivity index (χ1n) is 5.91. The molecular formula is C13H17FN2OS. The summed E-state index contributed by atoms with van der Waals surface area (Å²) in [5.41, 5.74) is 6.21. The summed E-state index contributed by atoms with van der Waals surface area (Å²) >= 11 is 4.82. The van der Waals surface area contributed by atoms with E-state index in [9.17, 15) is 4.39 Å². The van der Waals surface area contributed by atoms with E-state index in [0.717, 1.165) is 6.42 Å². The Hall–Kier alpha value is -1.20. The lowest BCUT2D eigenvalue weighted by atomic mass is 9.94. The first-order chi connectivity index (χ1) is 8.42. The molecule has 0 radical (unpaired) electrons. The van der Waals surface area contributed by atoms with Crippen molar-refractivity contribution >= 4 is 22.9 Å². The molecule has 2 atom stereocenters. The zero-order valence-corrected chi connectivity index (χ0v) is 11.3. The Morgan fingerprint density at radius 1 is 1.61 bits per heavy atom. The van der Waals surface area contributed by atoms with Gasteiger partial charge in [0.15, 0.2) is 0 Å². The lowest BCUT2D eigenvalue weighted by Gasteiger charge is -2.30. The average molecular weight is 268 g/mol. The fraction of sp³-hybridized carbons (Fsp3) is 0.462. The molecule has 0 saturated carbocycles. The van der Waals surface area contributed by atoms with Gasteiger partial charge in [-0.2, -0.15) is 0 Å². The minimum atomic E-state index is -0.347. The van der Waals surface area contributed by atoms with E-state index in [1.165, 1.54) is 6.07 Å². The smallest absolute Gasteiger partial charge is 0.147 e. The Morgan fingerprint density at radius 2 is 2.33 bits per heavy atom. The summed E-state index contributed by atoms with van der Waals surface area (Å²) in [4.78, 5) is 0.198. The maximum absolute atomic E-state index is 13.9. The van der Waals surface area contributed by atoms with Crippen molar-refractivity contribution in [3.05, 3.63) is 29.6 Å². The van der Waals surface area contributed by atoms with Crippen LogP contribution in [0.15, 0.2) is 18.2 Å². The number of benzene rings is 1. The molecule has 1 aromatic carbocycles. The van der Waals surface area contributed by atoms with Gasteiger partial charge in [-0.1, -0.05) is 12.2 Å². The predicted octanol–water partition coefficient (Wildman–Crippen LogP) is 2.44. The van der Waals surface area contributed by atoms with Crippen LogP contribution in [0.2, 0.25) is 0 Å². The highest BCUT2D eigenvalue weighted by atomic mass is 32.1. The normalized spacial score (nSPS) is 27.2. The van der Waals surface area contributed by atoms with Gasteiger partial charge in [-0.25, -0.2) is 4.39 Å². The number of hydrogen-bond acceptors (Lipinski definition) is 3. The largest absolute Gasteiger partial charge is 0.389 e. The molecule has 0 spiro atoms. The molecule has 1 heterocycles. The molecule has 1 saturated heterocycles. The Balaban J connectivity index is 2.22. The van der Waals surface area contributed by atoms with E-state index in [0.29, 0.717) is 17.9 Å². The van der Waals surface area contributed by atoms with Crippen LogP contribution in [0.25, 0.3) is 0 Å². The second-order valence-electron chi connectivity index (χ2n) is 4.86. The zero-order chi connectivity index (χ0) is 13.3. The third-order valence-electron chi connectivity index (χ3n) is 3.56. The SMILES string of the molecule is CC1OCCC1(C)Nc1ccc(C(N)=S)cc1F. The first-order valence-corrected chi connectivity index (χ1v) is 6.32. The van der Waals surface area contributed by atoms with Crippen LogP contribution in [0.5, 0.6) is 0 Å².